The summed E-state index contributed by atoms with van der Waals surface area (Å²) in [5, 5.41) is 0. The number of rotatable bonds is 4. The number of hydrogen-bond acceptors (Lipinski definition) is 5. The smallest absolute Gasteiger partial charge is 0.494 e. The Labute approximate surface area is 120 Å². The second-order valence-corrected chi connectivity index (χ2v) is 4.12. The van der Waals surface area contributed by atoms with Crippen molar-refractivity contribution in [2.75, 3.05) is 13.7 Å². The molecular formula is C10H9F3INO4. The highest BCUT2D eigenvalue weighted by Gasteiger charge is 2.33. The van der Waals surface area contributed by atoms with Gasteiger partial charge in [0.05, 0.1) is 13.7 Å². The molecule has 0 fully saturated rings. The van der Waals surface area contributed by atoms with E-state index in [0.29, 0.717) is 0 Å². The van der Waals surface area contributed by atoms with Gasteiger partial charge < -0.3 is 14.2 Å². The molecule has 1 aromatic heterocycles. The standard InChI is InChI=1S/C10H9F3INO4/c1-3-18-9(16)7-5(17-2)4-6(8(14)15-7)19-10(11,12)13/h4H,3H2,1-2H3. The summed E-state index contributed by atoms with van der Waals surface area (Å²) in [6.45, 7) is 1.71. The third-order valence-electron chi connectivity index (χ3n) is 1.82. The second-order valence-electron chi connectivity index (χ2n) is 3.10. The molecule has 0 saturated carbocycles. The second kappa shape index (κ2) is 6.26. The van der Waals surface area contributed by atoms with E-state index in [0.717, 1.165) is 6.07 Å². The Balaban J connectivity index is 3.17. The van der Waals surface area contributed by atoms with Crippen LogP contribution in [0.5, 0.6) is 11.5 Å². The zero-order valence-electron chi connectivity index (χ0n) is 9.88. The third kappa shape index (κ3) is 4.40. The maximum Gasteiger partial charge on any atom is 0.573 e. The Morgan fingerprint density at radius 3 is 2.53 bits per heavy atom. The fourth-order valence-electron chi connectivity index (χ4n) is 1.15. The number of halogens is 4. The molecule has 0 saturated heterocycles. The summed E-state index contributed by atoms with van der Waals surface area (Å²) in [5.41, 5.74) is -0.205. The first-order chi connectivity index (χ1) is 8.78. The van der Waals surface area contributed by atoms with Gasteiger partial charge in [0.1, 0.15) is 3.70 Å². The summed E-state index contributed by atoms with van der Waals surface area (Å²) in [7, 11) is 1.20. The summed E-state index contributed by atoms with van der Waals surface area (Å²) in [6, 6.07) is 0.939. The molecule has 0 aromatic carbocycles. The monoisotopic (exact) mass is 391 g/mol. The van der Waals surface area contributed by atoms with Crippen molar-refractivity contribution in [3.05, 3.63) is 15.5 Å². The van der Waals surface area contributed by atoms with E-state index in [9.17, 15) is 18.0 Å². The van der Waals surface area contributed by atoms with Crippen molar-refractivity contribution in [1.82, 2.24) is 4.98 Å². The number of carbonyl (C=O) groups is 1. The molecule has 0 atom stereocenters. The van der Waals surface area contributed by atoms with E-state index in [1.54, 1.807) is 6.92 Å². The molecular weight excluding hydrogens is 382 g/mol. The van der Waals surface area contributed by atoms with Gasteiger partial charge in [-0.15, -0.1) is 13.2 Å². The summed E-state index contributed by atoms with van der Waals surface area (Å²) in [4.78, 5) is 15.3. The van der Waals surface area contributed by atoms with Gasteiger partial charge >= 0.3 is 12.3 Å². The molecule has 1 heterocycles. The molecule has 0 aliphatic rings. The number of ether oxygens (including phenoxy) is 3. The van der Waals surface area contributed by atoms with E-state index in [1.165, 1.54) is 29.7 Å². The quantitative estimate of drug-likeness (QED) is 0.449. The molecule has 0 spiro atoms. The largest absolute Gasteiger partial charge is 0.573 e. The first kappa shape index (κ1) is 15.8. The number of hydrogen-bond donors (Lipinski definition) is 0. The lowest BCUT2D eigenvalue weighted by Crippen LogP contribution is -2.19. The number of pyridine rings is 1. The topological polar surface area (TPSA) is 57.7 Å². The van der Waals surface area contributed by atoms with Crippen LogP contribution in [0.1, 0.15) is 17.4 Å². The average Bonchev–Trinajstić information content (AvgIpc) is 2.29. The fourth-order valence-corrected chi connectivity index (χ4v) is 1.66. The molecule has 0 aliphatic carbocycles. The lowest BCUT2D eigenvalue weighted by Gasteiger charge is -2.13. The SMILES string of the molecule is CCOC(=O)c1nc(I)c(OC(F)(F)F)cc1OC. The maximum atomic E-state index is 12.2. The van der Waals surface area contributed by atoms with Gasteiger partial charge in [0.2, 0.25) is 0 Å². The minimum Gasteiger partial charge on any atom is -0.494 e. The average molecular weight is 391 g/mol. The molecule has 9 heteroatoms. The Morgan fingerprint density at radius 1 is 1.42 bits per heavy atom. The van der Waals surface area contributed by atoms with Crippen LogP contribution in [-0.4, -0.2) is 31.0 Å². The van der Waals surface area contributed by atoms with Gasteiger partial charge in [-0.3, -0.25) is 0 Å². The van der Waals surface area contributed by atoms with Crippen molar-refractivity contribution in [1.29, 1.82) is 0 Å². The Hall–Kier alpha value is -1.26. The van der Waals surface area contributed by atoms with Gasteiger partial charge in [-0.25, -0.2) is 9.78 Å². The summed E-state index contributed by atoms with van der Waals surface area (Å²) < 4.78 is 49.6. The number of aromatic nitrogens is 1. The van der Waals surface area contributed by atoms with Gasteiger partial charge in [0, 0.05) is 6.07 Å². The van der Waals surface area contributed by atoms with E-state index in [1.807, 2.05) is 0 Å². The van der Waals surface area contributed by atoms with E-state index in [2.05, 4.69) is 9.72 Å². The first-order valence-corrected chi connectivity index (χ1v) is 6.03. The lowest BCUT2D eigenvalue weighted by atomic mass is 10.3. The van der Waals surface area contributed by atoms with Crippen LogP contribution >= 0.6 is 22.6 Å². The highest BCUT2D eigenvalue weighted by molar-refractivity contribution is 14.1. The van der Waals surface area contributed by atoms with Crippen LogP contribution in [0.25, 0.3) is 0 Å². The van der Waals surface area contributed by atoms with Gasteiger partial charge in [-0.1, -0.05) is 0 Å². The third-order valence-corrected chi connectivity index (χ3v) is 2.60. The highest BCUT2D eigenvalue weighted by atomic mass is 127. The van der Waals surface area contributed by atoms with Crippen molar-refractivity contribution in [3.63, 3.8) is 0 Å². The summed E-state index contributed by atoms with van der Waals surface area (Å²) in [6.07, 6.45) is -4.85. The van der Waals surface area contributed by atoms with Gasteiger partial charge in [0.15, 0.2) is 17.2 Å². The zero-order valence-corrected chi connectivity index (χ0v) is 12.0. The molecule has 0 unspecified atom stereocenters. The van der Waals surface area contributed by atoms with Crippen molar-refractivity contribution >= 4 is 28.6 Å². The molecule has 19 heavy (non-hydrogen) atoms. The van der Waals surface area contributed by atoms with E-state index in [-0.39, 0.29) is 21.8 Å². The van der Waals surface area contributed by atoms with Gasteiger partial charge in [-0.05, 0) is 29.5 Å². The summed E-state index contributed by atoms with van der Waals surface area (Å²) >= 11 is 1.52. The lowest BCUT2D eigenvalue weighted by molar-refractivity contribution is -0.275. The molecule has 1 rings (SSSR count). The van der Waals surface area contributed by atoms with Crippen molar-refractivity contribution in [2.24, 2.45) is 0 Å². The number of nitrogens with zero attached hydrogens (tertiary/aromatic N) is 1. The van der Waals surface area contributed by atoms with Crippen molar-refractivity contribution in [2.45, 2.75) is 13.3 Å². The van der Waals surface area contributed by atoms with Crippen molar-refractivity contribution in [3.8, 4) is 11.5 Å². The number of esters is 1. The van der Waals surface area contributed by atoms with E-state index >= 15 is 0 Å². The van der Waals surface area contributed by atoms with Crippen LogP contribution < -0.4 is 9.47 Å². The summed E-state index contributed by atoms with van der Waals surface area (Å²) in [5.74, 6) is -1.48. The maximum absolute atomic E-state index is 12.2. The number of alkyl halides is 3. The number of carbonyl (C=O) groups excluding carboxylic acids is 1. The predicted molar refractivity (Wildman–Crippen MR) is 66.1 cm³/mol. The highest BCUT2D eigenvalue weighted by Crippen LogP contribution is 2.31. The first-order valence-electron chi connectivity index (χ1n) is 4.96. The molecule has 0 aliphatic heterocycles. The van der Waals surface area contributed by atoms with E-state index in [4.69, 9.17) is 9.47 Å². The van der Waals surface area contributed by atoms with Crippen LogP contribution in [-0.2, 0) is 4.74 Å². The number of methoxy groups -OCH3 is 1. The van der Waals surface area contributed by atoms with E-state index < -0.39 is 18.1 Å². The molecule has 0 bridgehead atoms. The fraction of sp³-hybridized carbons (Fsp3) is 0.400. The molecule has 0 amide bonds. The molecule has 0 N–H and O–H groups in total. The Morgan fingerprint density at radius 2 is 2.05 bits per heavy atom. The van der Waals surface area contributed by atoms with Gasteiger partial charge in [-0.2, -0.15) is 0 Å². The van der Waals surface area contributed by atoms with Gasteiger partial charge in [0.25, 0.3) is 0 Å². The predicted octanol–water partition coefficient (Wildman–Crippen LogP) is 2.77. The minimum atomic E-state index is -4.85. The normalized spacial score (nSPS) is 11.1. The van der Waals surface area contributed by atoms with Crippen LogP contribution in [0, 0.1) is 3.70 Å². The molecule has 1 aromatic rings. The zero-order chi connectivity index (χ0) is 14.6. The minimum absolute atomic E-state index is 0.112. The van der Waals surface area contributed by atoms with Crippen molar-refractivity contribution < 1.29 is 32.2 Å². The van der Waals surface area contributed by atoms with Crippen LogP contribution in [0.15, 0.2) is 6.07 Å². The van der Waals surface area contributed by atoms with Crippen LogP contribution in [0.2, 0.25) is 0 Å². The molecule has 106 valence electrons. The van der Waals surface area contributed by atoms with Crippen LogP contribution in [0.3, 0.4) is 0 Å². The molecule has 0 radical (unpaired) electrons. The Kier molecular flexibility index (Phi) is 5.20. The van der Waals surface area contributed by atoms with Crippen LogP contribution in [0.4, 0.5) is 13.2 Å². The Bertz CT molecular complexity index is 479. The molecule has 5 nitrogen and oxygen atoms in total.